The summed E-state index contributed by atoms with van der Waals surface area (Å²) in [6.45, 7) is 6.84. The highest BCUT2D eigenvalue weighted by atomic mass is 28.3. The molecule has 0 aliphatic rings. The number of hydrogen-bond acceptors (Lipinski definition) is 3. The van der Waals surface area contributed by atoms with Gasteiger partial charge in [0.05, 0.1) is 11.5 Å². The largest absolute Gasteiger partial charge is 0.462 e. The number of aliphatic hydroxyl groups is 2. The first kappa shape index (κ1) is 10.8. The Morgan fingerprint density at radius 1 is 1.27 bits per heavy atom. The maximum Gasteiger partial charge on any atom is 0.229 e. The molecular formula is C6H14O3Si2. The molecule has 0 amide bonds. The Kier molecular flexibility index (Phi) is 5.34. The van der Waals surface area contributed by atoms with Gasteiger partial charge in [0.1, 0.15) is 10.5 Å². The van der Waals surface area contributed by atoms with Gasteiger partial charge in [0.2, 0.25) is 9.04 Å². The molecule has 5 heteroatoms. The van der Waals surface area contributed by atoms with E-state index in [9.17, 15) is 10.2 Å². The van der Waals surface area contributed by atoms with Crippen LogP contribution in [-0.2, 0) is 4.12 Å². The van der Waals surface area contributed by atoms with Crippen molar-refractivity contribution in [3.63, 3.8) is 0 Å². The third-order valence-corrected chi connectivity index (χ3v) is 5.50. The fraction of sp³-hybridized carbons (Fsp3) is 0.333. The Morgan fingerprint density at radius 3 is 1.82 bits per heavy atom. The van der Waals surface area contributed by atoms with Crippen LogP contribution >= 0.6 is 0 Å². The Balaban J connectivity index is 4.13. The van der Waals surface area contributed by atoms with E-state index in [0.717, 1.165) is 0 Å². The van der Waals surface area contributed by atoms with E-state index in [1.807, 2.05) is 0 Å². The average molecular weight is 190 g/mol. The van der Waals surface area contributed by atoms with Gasteiger partial charge < -0.3 is 14.3 Å². The van der Waals surface area contributed by atoms with Gasteiger partial charge in [0, 0.05) is 0 Å². The molecule has 0 rings (SSSR count). The van der Waals surface area contributed by atoms with Crippen LogP contribution in [0.25, 0.3) is 0 Å². The second kappa shape index (κ2) is 5.44. The minimum atomic E-state index is -1.96. The van der Waals surface area contributed by atoms with Crippen LogP contribution in [-0.4, -0.2) is 41.2 Å². The SMILES string of the molecule is C=CC(O)[SiH](O[SiH3])C(O)C=C. The maximum absolute atomic E-state index is 9.25. The van der Waals surface area contributed by atoms with E-state index in [2.05, 4.69) is 13.2 Å². The molecule has 2 atom stereocenters. The summed E-state index contributed by atoms with van der Waals surface area (Å²) in [6, 6.07) is 0. The summed E-state index contributed by atoms with van der Waals surface area (Å²) in [5.41, 5.74) is -1.39. The molecule has 0 fully saturated rings. The van der Waals surface area contributed by atoms with Crippen LogP contribution in [0.3, 0.4) is 0 Å². The summed E-state index contributed by atoms with van der Waals surface area (Å²) in [5.74, 6) is 0. The van der Waals surface area contributed by atoms with Gasteiger partial charge >= 0.3 is 0 Å². The van der Waals surface area contributed by atoms with Crippen molar-refractivity contribution in [3.05, 3.63) is 25.3 Å². The number of hydrogen-bond donors (Lipinski definition) is 2. The lowest BCUT2D eigenvalue weighted by Crippen LogP contribution is -2.42. The van der Waals surface area contributed by atoms with Gasteiger partial charge in [0.15, 0.2) is 0 Å². The summed E-state index contributed by atoms with van der Waals surface area (Å²) in [6.07, 6.45) is 2.78. The summed E-state index contributed by atoms with van der Waals surface area (Å²) in [7, 11) is -1.44. The van der Waals surface area contributed by atoms with E-state index in [0.29, 0.717) is 10.5 Å². The topological polar surface area (TPSA) is 49.7 Å². The normalized spacial score (nSPS) is 18.7. The van der Waals surface area contributed by atoms with Gasteiger partial charge in [-0.25, -0.2) is 0 Å². The predicted octanol–water partition coefficient (Wildman–Crippen LogP) is -1.82. The van der Waals surface area contributed by atoms with Crippen molar-refractivity contribution in [2.75, 3.05) is 0 Å². The minimum absolute atomic E-state index is 0.523. The van der Waals surface area contributed by atoms with Gasteiger partial charge in [-0.1, -0.05) is 12.2 Å². The zero-order valence-corrected chi connectivity index (χ0v) is 9.76. The highest BCUT2D eigenvalue weighted by Crippen LogP contribution is 2.00. The van der Waals surface area contributed by atoms with Gasteiger partial charge in [-0.05, 0) is 0 Å². The number of rotatable bonds is 5. The van der Waals surface area contributed by atoms with Crippen LogP contribution in [0, 0.1) is 0 Å². The Morgan fingerprint density at radius 2 is 1.64 bits per heavy atom. The first-order valence-corrected chi connectivity index (χ1v) is 5.93. The average Bonchev–Trinajstić information content (AvgIpc) is 2.05. The standard InChI is InChI=1S/C6H14O3Si2/c1-3-5(7)11(9-10)6(8)4-2/h3-8,11H,1-2H2,10H3. The van der Waals surface area contributed by atoms with Crippen molar-refractivity contribution in [1.82, 2.24) is 0 Å². The van der Waals surface area contributed by atoms with E-state index >= 15 is 0 Å². The van der Waals surface area contributed by atoms with E-state index in [4.69, 9.17) is 4.12 Å². The molecule has 0 bridgehead atoms. The molecule has 0 aliphatic carbocycles. The van der Waals surface area contributed by atoms with Crippen molar-refractivity contribution in [2.45, 2.75) is 11.5 Å². The zero-order valence-electron chi connectivity index (χ0n) is 6.60. The molecule has 0 aromatic heterocycles. The third kappa shape index (κ3) is 3.13. The van der Waals surface area contributed by atoms with Crippen LogP contribution in [0.1, 0.15) is 0 Å². The summed E-state index contributed by atoms with van der Waals surface area (Å²) in [4.78, 5) is 0. The second-order valence-electron chi connectivity index (χ2n) is 2.15. The van der Waals surface area contributed by atoms with Crippen molar-refractivity contribution in [1.29, 1.82) is 0 Å². The van der Waals surface area contributed by atoms with E-state index in [1.54, 1.807) is 0 Å². The molecule has 0 spiro atoms. The minimum Gasteiger partial charge on any atom is -0.462 e. The van der Waals surface area contributed by atoms with Crippen LogP contribution in [0.5, 0.6) is 0 Å². The monoisotopic (exact) mass is 190 g/mol. The summed E-state index contributed by atoms with van der Waals surface area (Å²) >= 11 is 0. The zero-order chi connectivity index (χ0) is 8.85. The quantitative estimate of drug-likeness (QED) is 0.396. The predicted molar refractivity (Wildman–Crippen MR) is 50.6 cm³/mol. The Bertz CT molecular complexity index is 126. The molecule has 64 valence electrons. The first-order chi connectivity index (χ1) is 5.17. The van der Waals surface area contributed by atoms with Crippen LogP contribution in [0.2, 0.25) is 0 Å². The second-order valence-corrected chi connectivity index (χ2v) is 6.33. The van der Waals surface area contributed by atoms with E-state index in [1.165, 1.54) is 12.2 Å². The molecule has 11 heavy (non-hydrogen) atoms. The lowest BCUT2D eigenvalue weighted by molar-refractivity contribution is 0.231. The van der Waals surface area contributed by atoms with Crippen LogP contribution in [0.4, 0.5) is 0 Å². The molecular weight excluding hydrogens is 176 g/mol. The third-order valence-electron chi connectivity index (χ3n) is 1.43. The van der Waals surface area contributed by atoms with E-state index in [-0.39, 0.29) is 0 Å². The first-order valence-electron chi connectivity index (χ1n) is 3.31. The summed E-state index contributed by atoms with van der Waals surface area (Å²) in [5, 5.41) is 18.5. The molecule has 3 nitrogen and oxygen atoms in total. The molecule has 0 aromatic rings. The fourth-order valence-electron chi connectivity index (χ4n) is 0.749. The van der Waals surface area contributed by atoms with Crippen molar-refractivity contribution >= 4 is 19.5 Å². The maximum atomic E-state index is 9.25. The van der Waals surface area contributed by atoms with Gasteiger partial charge in [-0.15, -0.1) is 13.2 Å². The molecule has 0 saturated carbocycles. The Labute approximate surface area is 71.3 Å². The number of aliphatic hydroxyl groups excluding tert-OH is 2. The lowest BCUT2D eigenvalue weighted by Gasteiger charge is -2.20. The fourth-order valence-corrected chi connectivity index (χ4v) is 3.92. The van der Waals surface area contributed by atoms with Crippen LogP contribution in [0.15, 0.2) is 25.3 Å². The molecule has 0 heterocycles. The molecule has 0 saturated heterocycles. The smallest absolute Gasteiger partial charge is 0.229 e. The van der Waals surface area contributed by atoms with Gasteiger partial charge in [-0.3, -0.25) is 0 Å². The van der Waals surface area contributed by atoms with E-state index < -0.39 is 20.5 Å². The Hall–Kier alpha value is -0.206. The molecule has 0 aliphatic heterocycles. The van der Waals surface area contributed by atoms with Crippen molar-refractivity contribution in [2.24, 2.45) is 0 Å². The van der Waals surface area contributed by atoms with Gasteiger partial charge in [0.25, 0.3) is 0 Å². The lowest BCUT2D eigenvalue weighted by atomic mass is 10.7. The molecule has 0 radical (unpaired) electrons. The van der Waals surface area contributed by atoms with Crippen LogP contribution < -0.4 is 0 Å². The van der Waals surface area contributed by atoms with Crippen molar-refractivity contribution < 1.29 is 14.3 Å². The highest BCUT2D eigenvalue weighted by Gasteiger charge is 2.24. The van der Waals surface area contributed by atoms with Gasteiger partial charge in [-0.2, -0.15) is 0 Å². The molecule has 2 N–H and O–H groups in total. The molecule has 0 aromatic carbocycles. The highest BCUT2D eigenvalue weighted by molar-refractivity contribution is 6.59. The summed E-state index contributed by atoms with van der Waals surface area (Å²) < 4.78 is 5.09. The molecule has 2 unspecified atom stereocenters. The van der Waals surface area contributed by atoms with Crippen molar-refractivity contribution in [3.8, 4) is 0 Å².